The average Bonchev–Trinajstić information content (AvgIpc) is 2.68. The molecule has 0 aliphatic heterocycles. The lowest BCUT2D eigenvalue weighted by molar-refractivity contribution is -0.139. The van der Waals surface area contributed by atoms with Gasteiger partial charge in [-0.2, -0.15) is 0 Å². The molecule has 0 unspecified atom stereocenters. The summed E-state index contributed by atoms with van der Waals surface area (Å²) in [5.41, 5.74) is 2.33. The van der Waals surface area contributed by atoms with Crippen LogP contribution in [0.5, 0.6) is 0 Å². The third kappa shape index (κ3) is 8.55. The maximum absolute atomic E-state index is 11.1. The molecule has 6 nitrogen and oxygen atoms in total. The first-order valence-electron chi connectivity index (χ1n) is 8.19. The Morgan fingerprint density at radius 2 is 1.77 bits per heavy atom. The van der Waals surface area contributed by atoms with Crippen LogP contribution < -0.4 is 0 Å². The highest BCUT2D eigenvalue weighted by Gasteiger charge is 2.36. The van der Waals surface area contributed by atoms with Crippen molar-refractivity contribution in [3.05, 3.63) is 54.1 Å². The van der Waals surface area contributed by atoms with Crippen molar-refractivity contribution in [1.82, 2.24) is 0 Å². The Morgan fingerprint density at radius 3 is 2.19 bits per heavy atom. The maximum atomic E-state index is 11.1. The lowest BCUT2D eigenvalue weighted by Crippen LogP contribution is -2.42. The normalized spacial score (nSPS) is 10.5. The Hall–Kier alpha value is -1.77. The largest absolute Gasteiger partial charge is 0.500 e. The zero-order valence-corrected chi connectivity index (χ0v) is 17.1. The maximum Gasteiger partial charge on any atom is 0.500 e. The van der Waals surface area contributed by atoms with Crippen molar-refractivity contribution in [2.24, 2.45) is 0 Å². The number of benzene rings is 1. The molecular formula is C19H30O6Si. The van der Waals surface area contributed by atoms with Gasteiger partial charge >= 0.3 is 14.8 Å². The number of carbonyl (C=O) groups excluding carboxylic acids is 1. The molecule has 7 heteroatoms. The van der Waals surface area contributed by atoms with Gasteiger partial charge in [0, 0.05) is 32.9 Å². The fourth-order valence-electron chi connectivity index (χ4n) is 2.01. The Bertz CT molecular complexity index is 561. The molecule has 0 bridgehead atoms. The van der Waals surface area contributed by atoms with Crippen LogP contribution in [0.4, 0.5) is 0 Å². The van der Waals surface area contributed by atoms with Crippen molar-refractivity contribution in [2.45, 2.75) is 26.0 Å². The molecule has 0 radical (unpaired) electrons. The van der Waals surface area contributed by atoms with E-state index in [2.05, 4.69) is 13.2 Å². The van der Waals surface area contributed by atoms with Crippen LogP contribution in [0.1, 0.15) is 24.5 Å². The molecule has 1 aromatic rings. The molecule has 1 rings (SSSR count). The zero-order chi connectivity index (χ0) is 20.0. The minimum Gasteiger partial charge on any atom is -0.462 e. The van der Waals surface area contributed by atoms with Gasteiger partial charge in [-0.25, -0.2) is 4.79 Å². The summed E-state index contributed by atoms with van der Waals surface area (Å²) in [6.45, 7) is 9.13. The monoisotopic (exact) mass is 382 g/mol. The van der Waals surface area contributed by atoms with Crippen LogP contribution in [0.25, 0.3) is 6.08 Å². The fraction of sp³-hybridized carbons (Fsp3) is 0.421. The molecule has 26 heavy (non-hydrogen) atoms. The van der Waals surface area contributed by atoms with Crippen molar-refractivity contribution in [3.63, 3.8) is 0 Å². The number of rotatable bonds is 10. The van der Waals surface area contributed by atoms with Gasteiger partial charge in [0.05, 0.1) is 13.2 Å². The quantitative estimate of drug-likeness (QED) is 0.290. The summed E-state index contributed by atoms with van der Waals surface area (Å²) in [7, 11) is 2.13. The van der Waals surface area contributed by atoms with E-state index in [1.807, 2.05) is 24.3 Å². The second-order valence-corrected chi connectivity index (χ2v) is 8.47. The lowest BCUT2D eigenvalue weighted by Gasteiger charge is -2.24. The predicted molar refractivity (Wildman–Crippen MR) is 104 cm³/mol. The molecule has 0 aliphatic rings. The van der Waals surface area contributed by atoms with Crippen molar-refractivity contribution < 1.29 is 27.9 Å². The number of esters is 1. The number of aliphatic hydroxyl groups excluding tert-OH is 1. The summed E-state index contributed by atoms with van der Waals surface area (Å²) < 4.78 is 20.6. The molecule has 0 saturated carbocycles. The topological polar surface area (TPSA) is 74.2 Å². The summed E-state index contributed by atoms with van der Waals surface area (Å²) in [6, 6.07) is 8.25. The third-order valence-electron chi connectivity index (χ3n) is 3.59. The minimum absolute atomic E-state index is 0.0855. The van der Waals surface area contributed by atoms with Gasteiger partial charge in [0.15, 0.2) is 0 Å². The van der Waals surface area contributed by atoms with Crippen LogP contribution in [0.2, 0.25) is 6.04 Å². The molecule has 1 aromatic carbocycles. The highest BCUT2D eigenvalue weighted by molar-refractivity contribution is 6.60. The van der Waals surface area contributed by atoms with Crippen molar-refractivity contribution in [1.29, 1.82) is 0 Å². The molecule has 0 fully saturated rings. The molecule has 0 heterocycles. The van der Waals surface area contributed by atoms with E-state index >= 15 is 0 Å². The Labute approximate surface area is 157 Å². The molecule has 0 saturated heterocycles. The Balaban J connectivity index is 0.000000531. The molecule has 0 aromatic heterocycles. The third-order valence-corrected chi connectivity index (χ3v) is 6.42. The number of ether oxygens (including phenoxy) is 1. The lowest BCUT2D eigenvalue weighted by atomic mass is 10.1. The van der Waals surface area contributed by atoms with Crippen LogP contribution in [0, 0.1) is 0 Å². The van der Waals surface area contributed by atoms with Gasteiger partial charge < -0.3 is 23.1 Å². The van der Waals surface area contributed by atoms with Gasteiger partial charge in [-0.1, -0.05) is 43.5 Å². The van der Waals surface area contributed by atoms with E-state index in [1.54, 1.807) is 34.3 Å². The van der Waals surface area contributed by atoms with E-state index in [1.165, 1.54) is 0 Å². The number of aliphatic hydroxyl groups is 1. The van der Waals surface area contributed by atoms with E-state index < -0.39 is 8.80 Å². The van der Waals surface area contributed by atoms with Crippen LogP contribution in [-0.2, 0) is 29.4 Å². The van der Waals surface area contributed by atoms with Crippen molar-refractivity contribution in [2.75, 3.05) is 27.9 Å². The highest BCUT2D eigenvalue weighted by atomic mass is 28.4. The summed E-state index contributed by atoms with van der Waals surface area (Å²) >= 11 is 0. The summed E-state index contributed by atoms with van der Waals surface area (Å²) in [5, 5.41) is 8.80. The van der Waals surface area contributed by atoms with Crippen LogP contribution in [-0.4, -0.2) is 47.8 Å². The number of hydrogen-bond acceptors (Lipinski definition) is 6. The van der Waals surface area contributed by atoms with Gasteiger partial charge in [0.25, 0.3) is 0 Å². The fourth-order valence-corrected chi connectivity index (χ4v) is 3.70. The van der Waals surface area contributed by atoms with Gasteiger partial charge in [-0.3, -0.25) is 0 Å². The second-order valence-electron chi connectivity index (χ2n) is 5.38. The van der Waals surface area contributed by atoms with Gasteiger partial charge in [-0.15, -0.1) is 0 Å². The van der Waals surface area contributed by atoms with Gasteiger partial charge in [0.2, 0.25) is 0 Å². The second kappa shape index (κ2) is 13.4. The van der Waals surface area contributed by atoms with Crippen LogP contribution >= 0.6 is 0 Å². The molecule has 1 N–H and O–H groups in total. The number of carbonyl (C=O) groups is 1. The van der Waals surface area contributed by atoms with E-state index in [-0.39, 0.29) is 12.6 Å². The standard InChI is InChI=1S/C10H20O5Si.C9H10O/c1-9(2)10(11)15-7-6-8-16(12-3,13-4)14-5;1-2-8-5-3-4-6-9(8)7-10/h1,6-8H2,2-5H3;2-6,10H,1,7H2. The molecule has 0 atom stereocenters. The van der Waals surface area contributed by atoms with Crippen molar-refractivity contribution >= 4 is 20.8 Å². The molecule has 146 valence electrons. The van der Waals surface area contributed by atoms with Crippen molar-refractivity contribution in [3.8, 4) is 0 Å². The van der Waals surface area contributed by atoms with Crippen LogP contribution in [0.3, 0.4) is 0 Å². The summed E-state index contributed by atoms with van der Waals surface area (Å²) in [4.78, 5) is 11.1. The minimum atomic E-state index is -2.53. The van der Waals surface area contributed by atoms with Crippen LogP contribution in [0.15, 0.2) is 43.0 Å². The Morgan fingerprint density at radius 1 is 1.19 bits per heavy atom. The van der Waals surface area contributed by atoms with E-state index in [9.17, 15) is 4.79 Å². The first-order chi connectivity index (χ1) is 12.4. The van der Waals surface area contributed by atoms with E-state index in [0.717, 1.165) is 11.1 Å². The smallest absolute Gasteiger partial charge is 0.462 e. The predicted octanol–water partition coefficient (Wildman–Crippen LogP) is 3.20. The van der Waals surface area contributed by atoms with E-state index in [4.69, 9.17) is 23.1 Å². The molecule has 0 spiro atoms. The van der Waals surface area contributed by atoms with Gasteiger partial charge in [0.1, 0.15) is 0 Å². The zero-order valence-electron chi connectivity index (χ0n) is 16.1. The van der Waals surface area contributed by atoms with E-state index in [0.29, 0.717) is 24.6 Å². The Kier molecular flexibility index (Phi) is 12.5. The molecule has 0 amide bonds. The average molecular weight is 383 g/mol. The highest BCUT2D eigenvalue weighted by Crippen LogP contribution is 2.15. The first-order valence-corrected chi connectivity index (χ1v) is 10.1. The molecule has 0 aliphatic carbocycles. The SMILES string of the molecule is C=C(C)C(=O)OCCC[Si](OC)(OC)OC.C=Cc1ccccc1CO. The van der Waals surface area contributed by atoms with Gasteiger partial charge in [-0.05, 0) is 24.5 Å². The number of hydrogen-bond donors (Lipinski definition) is 1. The summed E-state index contributed by atoms with van der Waals surface area (Å²) in [5.74, 6) is -0.375. The summed E-state index contributed by atoms with van der Waals surface area (Å²) in [6.07, 6.45) is 2.38. The molecular weight excluding hydrogens is 352 g/mol. The first kappa shape index (κ1) is 24.2.